The zero-order chi connectivity index (χ0) is 31.9. The molecule has 49 heavy (non-hydrogen) atoms. The van der Waals surface area contributed by atoms with Crippen LogP contribution in [0.2, 0.25) is 0 Å². The normalized spacial score (nSPS) is 23.8. The van der Waals surface area contributed by atoms with Crippen LogP contribution in [0.3, 0.4) is 0 Å². The first kappa shape index (κ1) is 30.8. The largest absolute Gasteiger partial charge is 4.00 e. The van der Waals surface area contributed by atoms with E-state index in [9.17, 15) is 0 Å². The van der Waals surface area contributed by atoms with Crippen molar-refractivity contribution < 1.29 is 17.1 Å². The van der Waals surface area contributed by atoms with E-state index < -0.39 is 0 Å². The van der Waals surface area contributed by atoms with Crippen LogP contribution in [0.4, 0.5) is 0 Å². The van der Waals surface area contributed by atoms with Crippen LogP contribution in [0.5, 0.6) is 0 Å². The molecule has 2 saturated heterocycles. The molecule has 2 atom stereocenters. The van der Waals surface area contributed by atoms with Crippen LogP contribution in [-0.4, -0.2) is 32.0 Å². The Morgan fingerprint density at radius 1 is 0.429 bits per heavy atom. The van der Waals surface area contributed by atoms with Crippen molar-refractivity contribution in [2.45, 2.75) is 37.8 Å². The van der Waals surface area contributed by atoms with Crippen LogP contribution in [0, 0.1) is 0 Å². The summed E-state index contributed by atoms with van der Waals surface area (Å²) in [6, 6.07) is 24.8. The van der Waals surface area contributed by atoms with Gasteiger partial charge in [0.2, 0.25) is 0 Å². The van der Waals surface area contributed by atoms with Gasteiger partial charge in [0.15, 0.2) is 0 Å². The van der Waals surface area contributed by atoms with E-state index in [1.54, 1.807) is 0 Å². The van der Waals surface area contributed by atoms with Crippen molar-refractivity contribution in [1.82, 2.24) is 29.9 Å². The molecule has 0 radical (unpaired) electrons. The molecule has 6 aromatic rings. The molecule has 0 N–H and O–H groups in total. The topological polar surface area (TPSA) is 108 Å². The van der Waals surface area contributed by atoms with E-state index in [0.29, 0.717) is 0 Å². The van der Waals surface area contributed by atoms with E-state index in [1.165, 1.54) is 0 Å². The van der Waals surface area contributed by atoms with E-state index >= 15 is 0 Å². The SMILES string of the molecule is [Fe+4].c1cc(/C2=C3\CCC([N-]3)/C(c3ccncc3)=c3/cc/c([n-]3)=C(/c3ccncc3)C3CC/C(=C(\c4ccncc4)c4ccc2[n-]4)[N-]3)ccn1. The van der Waals surface area contributed by atoms with Gasteiger partial charge in [0.25, 0.3) is 0 Å². The molecular formula is C40H30FeN8. The van der Waals surface area contributed by atoms with Crippen molar-refractivity contribution in [3.63, 3.8) is 0 Å². The fraction of sp³-hybridized carbons (Fsp3) is 0.150. The Bertz CT molecular complexity index is 2130. The van der Waals surface area contributed by atoms with Gasteiger partial charge in [-0.1, -0.05) is 71.5 Å². The van der Waals surface area contributed by atoms with Crippen LogP contribution in [-0.2, 0) is 17.1 Å². The maximum atomic E-state index is 5.46. The van der Waals surface area contributed by atoms with Crippen molar-refractivity contribution in [1.29, 1.82) is 0 Å². The number of hydrogen-bond donors (Lipinski definition) is 0. The van der Waals surface area contributed by atoms with Gasteiger partial charge in [-0.25, -0.2) is 0 Å². The molecule has 2 fully saturated rings. The van der Waals surface area contributed by atoms with Gasteiger partial charge in [-0.05, 0) is 83.6 Å². The summed E-state index contributed by atoms with van der Waals surface area (Å²) in [4.78, 5) is 27.9. The van der Waals surface area contributed by atoms with Crippen molar-refractivity contribution in [3.05, 3.63) is 189 Å². The minimum Gasteiger partial charge on any atom is -0.681 e. The maximum Gasteiger partial charge on any atom is 4.00 e. The number of rotatable bonds is 4. The van der Waals surface area contributed by atoms with Crippen LogP contribution in [0.25, 0.3) is 32.9 Å². The summed E-state index contributed by atoms with van der Waals surface area (Å²) < 4.78 is 0. The van der Waals surface area contributed by atoms with Crippen molar-refractivity contribution in [2.24, 2.45) is 0 Å². The van der Waals surface area contributed by atoms with Crippen molar-refractivity contribution in [3.8, 4) is 0 Å². The van der Waals surface area contributed by atoms with Crippen LogP contribution in [0.1, 0.15) is 59.3 Å². The summed E-state index contributed by atoms with van der Waals surface area (Å²) in [5, 5.41) is 12.8. The van der Waals surface area contributed by atoms with Gasteiger partial charge in [0.05, 0.1) is 0 Å². The van der Waals surface area contributed by atoms with E-state index in [1.807, 2.05) is 73.8 Å². The average Bonchev–Trinajstić information content (AvgIpc) is 3.98. The molecule has 0 aromatic carbocycles. The molecule has 3 aliphatic heterocycles. The van der Waals surface area contributed by atoms with E-state index in [0.717, 1.165) is 104 Å². The summed E-state index contributed by atoms with van der Waals surface area (Å²) >= 11 is 0. The minimum atomic E-state index is -0.0799. The van der Waals surface area contributed by atoms with Crippen LogP contribution >= 0.6 is 0 Å². The number of allylic oxidation sites excluding steroid dienone is 2. The number of nitrogens with zero attached hydrogens (tertiary/aromatic N) is 8. The predicted molar refractivity (Wildman–Crippen MR) is 186 cm³/mol. The smallest absolute Gasteiger partial charge is 0.681 e. The zero-order valence-corrected chi connectivity index (χ0v) is 27.6. The van der Waals surface area contributed by atoms with Gasteiger partial charge in [0.1, 0.15) is 0 Å². The Hall–Kier alpha value is -5.50. The van der Waals surface area contributed by atoms with Crippen molar-refractivity contribution in [2.75, 3.05) is 0 Å². The molecule has 6 aromatic heterocycles. The predicted octanol–water partition coefficient (Wildman–Crippen LogP) is 5.88. The molecule has 3 aliphatic rings. The quantitative estimate of drug-likeness (QED) is 0.216. The Balaban J connectivity index is 0.00000348. The first-order valence-corrected chi connectivity index (χ1v) is 16.3. The van der Waals surface area contributed by atoms with Crippen LogP contribution < -0.4 is 20.7 Å². The maximum absolute atomic E-state index is 5.46. The summed E-state index contributed by atoms with van der Waals surface area (Å²) in [5.74, 6) is 0. The molecule has 0 saturated carbocycles. The first-order chi connectivity index (χ1) is 23.8. The molecule has 0 aliphatic carbocycles. The minimum absolute atomic E-state index is 0. The Morgan fingerprint density at radius 2 is 0.796 bits per heavy atom. The molecule has 9 rings (SSSR count). The molecule has 238 valence electrons. The fourth-order valence-corrected chi connectivity index (χ4v) is 7.33. The summed E-state index contributed by atoms with van der Waals surface area (Å²) in [6.07, 6.45) is 18.1. The van der Waals surface area contributed by atoms with Gasteiger partial charge in [-0.2, -0.15) is 11.4 Å². The van der Waals surface area contributed by atoms with E-state index in [2.05, 4.69) is 68.5 Å². The second-order valence-electron chi connectivity index (χ2n) is 12.2. The molecule has 0 spiro atoms. The van der Waals surface area contributed by atoms with Gasteiger partial charge < -0.3 is 20.6 Å². The summed E-state index contributed by atoms with van der Waals surface area (Å²) in [7, 11) is 0. The van der Waals surface area contributed by atoms with Crippen molar-refractivity contribution >= 4 is 22.3 Å². The Kier molecular flexibility index (Phi) is 8.29. The van der Waals surface area contributed by atoms with Gasteiger partial charge in [0, 0.05) is 49.6 Å². The third-order valence-corrected chi connectivity index (χ3v) is 9.44. The first-order valence-electron chi connectivity index (χ1n) is 16.3. The standard InChI is InChI=1S/C40H30N8.Fe/c1-2-30-38(26-11-19-42-20-12-26)32-5-6-34(47-32)40(28-15-23-44-24-16-28)36-8-7-35(48-36)39(27-13-21-43-22-14-27)33-4-3-31(46-33)37(29(1)45-30)25-9-17-41-18-10-25;/h1-2,7-24,31-32H,3-6H2;/q-4;+4/b37-29-,38-30+,39-33-,40-34-;. The second-order valence-corrected chi connectivity index (χ2v) is 12.2. The van der Waals surface area contributed by atoms with Gasteiger partial charge >= 0.3 is 17.1 Å². The Morgan fingerprint density at radius 3 is 1.18 bits per heavy atom. The third kappa shape index (κ3) is 5.71. The zero-order valence-electron chi connectivity index (χ0n) is 26.5. The average molecular weight is 679 g/mol. The molecule has 8 bridgehead atoms. The number of aromatic nitrogens is 6. The molecule has 0 amide bonds. The van der Waals surface area contributed by atoms with Crippen LogP contribution in [0.15, 0.2) is 134 Å². The summed E-state index contributed by atoms with van der Waals surface area (Å²) in [6.45, 7) is 0. The molecule has 9 heteroatoms. The van der Waals surface area contributed by atoms with Gasteiger partial charge in [-0.15, -0.1) is 22.1 Å². The number of fused-ring (bicyclic) bond motifs is 8. The van der Waals surface area contributed by atoms with E-state index in [4.69, 9.17) is 20.6 Å². The monoisotopic (exact) mass is 678 g/mol. The molecule has 9 heterocycles. The molecular weight excluding hydrogens is 648 g/mol. The molecule has 8 nitrogen and oxygen atoms in total. The summed E-state index contributed by atoms with van der Waals surface area (Å²) in [5.41, 5.74) is 12.4. The number of hydrogen-bond acceptors (Lipinski definition) is 4. The molecule has 2 unspecified atom stereocenters. The van der Waals surface area contributed by atoms with Gasteiger partial charge in [-0.3, -0.25) is 19.9 Å². The Labute approximate surface area is 294 Å². The second kappa shape index (κ2) is 13.2. The van der Waals surface area contributed by atoms with E-state index in [-0.39, 0.29) is 29.2 Å². The third-order valence-electron chi connectivity index (χ3n) is 9.44. The fourth-order valence-electron chi connectivity index (χ4n) is 7.33. The number of pyridine rings is 4.